The van der Waals surface area contributed by atoms with Gasteiger partial charge in [-0.25, -0.2) is 4.79 Å². The van der Waals surface area contributed by atoms with Gasteiger partial charge in [0.25, 0.3) is 0 Å². The van der Waals surface area contributed by atoms with E-state index in [0.29, 0.717) is 30.6 Å². The predicted octanol–water partition coefficient (Wildman–Crippen LogP) is 4.79. The molecule has 0 radical (unpaired) electrons. The molecular weight excluding hydrogens is 589 g/mol. The lowest BCUT2D eigenvalue weighted by Crippen LogP contribution is -2.62. The molecule has 232 valence electrons. The third-order valence-corrected chi connectivity index (χ3v) is 21.1. The lowest BCUT2D eigenvalue weighted by molar-refractivity contribution is -0.141. The fourth-order valence-corrected chi connectivity index (χ4v) is 20.1. The maximum Gasteiger partial charge on any atom is 0.469 e. The second kappa shape index (κ2) is 18.0. The number of carbonyl (C=O) groups excluding carboxylic acids is 4. The monoisotopic (exact) mass is 638 g/mol. The molecule has 15 heteroatoms. The van der Waals surface area contributed by atoms with Crippen molar-refractivity contribution in [1.82, 2.24) is 0 Å². The summed E-state index contributed by atoms with van der Waals surface area (Å²) in [5, 5.41) is 0. The van der Waals surface area contributed by atoms with Gasteiger partial charge in [-0.2, -0.15) is 0 Å². The first-order valence-electron chi connectivity index (χ1n) is 13.6. The molecule has 11 nitrogen and oxygen atoms in total. The fraction of sp³-hybridized carbons (Fsp3) is 0.760. The van der Waals surface area contributed by atoms with Crippen LogP contribution in [0.1, 0.15) is 34.1 Å². The highest BCUT2D eigenvalue weighted by Crippen LogP contribution is 2.33. The molecule has 0 unspecified atom stereocenters. The summed E-state index contributed by atoms with van der Waals surface area (Å²) in [6.45, 7) is 18.8. The molecule has 0 atom stereocenters. The Morgan fingerprint density at radius 2 is 0.900 bits per heavy atom. The van der Waals surface area contributed by atoms with E-state index in [0.717, 1.165) is 0 Å². The summed E-state index contributed by atoms with van der Waals surface area (Å²) in [6, 6.07) is 2.01. The van der Waals surface area contributed by atoms with Gasteiger partial charge in [-0.1, -0.05) is 6.08 Å². The third kappa shape index (κ3) is 19.4. The number of hydrogen-bond donors (Lipinski definition) is 0. The van der Waals surface area contributed by atoms with E-state index in [1.165, 1.54) is 26.8 Å². The van der Waals surface area contributed by atoms with Gasteiger partial charge in [0.2, 0.25) is 0 Å². The van der Waals surface area contributed by atoms with E-state index in [1.54, 1.807) is 13.0 Å². The third-order valence-electron chi connectivity index (χ3n) is 5.50. The van der Waals surface area contributed by atoms with E-state index in [9.17, 15) is 19.2 Å². The molecule has 0 heterocycles. The summed E-state index contributed by atoms with van der Waals surface area (Å²) in [7, 11) is -11.0. The molecule has 0 bridgehead atoms. The normalized spacial score (nSPS) is 12.8. The average molecular weight is 639 g/mol. The van der Waals surface area contributed by atoms with Crippen LogP contribution < -0.4 is 0 Å². The summed E-state index contributed by atoms with van der Waals surface area (Å²) >= 11 is 0. The van der Waals surface area contributed by atoms with Gasteiger partial charge in [-0.3, -0.25) is 14.4 Å². The fourth-order valence-electron chi connectivity index (χ4n) is 3.60. The number of esters is 4. The number of rotatable bonds is 20. The Labute approximate surface area is 244 Å². The van der Waals surface area contributed by atoms with Crippen LogP contribution in [-0.4, -0.2) is 84.1 Å². The van der Waals surface area contributed by atoms with E-state index in [4.69, 9.17) is 31.3 Å². The Balaban J connectivity index is 6.22. The number of ether oxygens (including phenoxy) is 4. The van der Waals surface area contributed by atoms with Crippen LogP contribution in [-0.2, 0) is 50.5 Å². The van der Waals surface area contributed by atoms with Gasteiger partial charge in [-0.15, -0.1) is 0 Å². The van der Waals surface area contributed by atoms with Gasteiger partial charge < -0.3 is 31.3 Å². The molecule has 0 saturated carbocycles. The van der Waals surface area contributed by atoms with Gasteiger partial charge in [0, 0.05) is 32.9 Å². The first kappa shape index (κ1) is 38.4. The molecule has 0 rings (SSSR count). The first-order valence-corrected chi connectivity index (χ1v) is 24.9. The van der Waals surface area contributed by atoms with E-state index in [1.807, 2.05) is 39.3 Å². The molecule has 0 N–H and O–H groups in total. The first-order chi connectivity index (χ1) is 18.3. The minimum atomic E-state index is -3.47. The predicted molar refractivity (Wildman–Crippen MR) is 161 cm³/mol. The molecule has 0 aliphatic carbocycles. The standard InChI is InChI=1S/C25H50O11Si4/c1-11-13-25(29)33-14-12-18-40(34-37(5,6)19-15-30-22(2)26,35-38(7,8)20-16-31-23(3)27)36-39(9,10)21-17-32-24(4)28/h11,13H,12,14-21H2,1-10H3. The second-order valence-electron chi connectivity index (χ2n) is 11.3. The summed E-state index contributed by atoms with van der Waals surface area (Å²) in [5.74, 6) is -1.51. The van der Waals surface area contributed by atoms with Crippen LogP contribution >= 0.6 is 0 Å². The number of hydrogen-bond acceptors (Lipinski definition) is 11. The van der Waals surface area contributed by atoms with E-state index in [2.05, 4.69) is 0 Å². The summed E-state index contributed by atoms with van der Waals surface area (Å²) < 4.78 is 41.7. The average Bonchev–Trinajstić information content (AvgIpc) is 2.74. The summed E-state index contributed by atoms with van der Waals surface area (Å²) in [5.41, 5.74) is 0. The highest BCUT2D eigenvalue weighted by atomic mass is 28.5. The molecule has 0 spiro atoms. The van der Waals surface area contributed by atoms with Crippen molar-refractivity contribution < 1.29 is 50.5 Å². The van der Waals surface area contributed by atoms with E-state index >= 15 is 0 Å². The minimum absolute atomic E-state index is 0.161. The zero-order chi connectivity index (χ0) is 31.0. The second-order valence-corrected chi connectivity index (χ2v) is 27.7. The highest BCUT2D eigenvalue weighted by Gasteiger charge is 2.52. The number of allylic oxidation sites excluding steroid dienone is 1. The molecule has 0 saturated heterocycles. The molecule has 0 amide bonds. The van der Waals surface area contributed by atoms with Crippen LogP contribution in [0.4, 0.5) is 0 Å². The Bertz CT molecular complexity index is 776. The van der Waals surface area contributed by atoms with Crippen LogP contribution in [0.2, 0.25) is 63.5 Å². The van der Waals surface area contributed by atoms with Crippen molar-refractivity contribution in [2.45, 2.75) is 97.6 Å². The van der Waals surface area contributed by atoms with Crippen LogP contribution in [0.15, 0.2) is 12.2 Å². The lowest BCUT2D eigenvalue weighted by Gasteiger charge is -2.45. The van der Waals surface area contributed by atoms with Crippen molar-refractivity contribution in [3.8, 4) is 0 Å². The van der Waals surface area contributed by atoms with E-state index < -0.39 is 39.7 Å². The molecular formula is C25H50O11Si4. The van der Waals surface area contributed by atoms with Crippen molar-refractivity contribution in [2.75, 3.05) is 26.4 Å². The van der Waals surface area contributed by atoms with Gasteiger partial charge in [0.15, 0.2) is 25.0 Å². The molecule has 0 aromatic heterocycles. The minimum Gasteiger partial charge on any atom is -0.466 e. The molecule has 0 aliphatic rings. The topological polar surface area (TPSA) is 133 Å². The molecule has 0 aromatic carbocycles. The zero-order valence-corrected chi connectivity index (χ0v) is 30.0. The Morgan fingerprint density at radius 3 is 1.20 bits per heavy atom. The Kier molecular flexibility index (Phi) is 17.3. The summed E-state index contributed by atoms with van der Waals surface area (Å²) in [6.07, 6.45) is 3.42. The summed E-state index contributed by atoms with van der Waals surface area (Å²) in [4.78, 5) is 46.0. The maximum atomic E-state index is 11.9. The van der Waals surface area contributed by atoms with Gasteiger partial charge >= 0.3 is 32.7 Å². The van der Waals surface area contributed by atoms with Crippen molar-refractivity contribution in [1.29, 1.82) is 0 Å². The zero-order valence-electron chi connectivity index (χ0n) is 26.0. The van der Waals surface area contributed by atoms with Gasteiger partial charge in [0.05, 0.1) is 26.4 Å². The Hall–Kier alpha value is -1.63. The largest absolute Gasteiger partial charge is 0.469 e. The quantitative estimate of drug-likeness (QED) is 0.0599. The smallest absolute Gasteiger partial charge is 0.466 e. The molecule has 0 aliphatic heterocycles. The lowest BCUT2D eigenvalue weighted by atomic mass is 10.5. The number of carbonyl (C=O) groups is 4. The van der Waals surface area contributed by atoms with Gasteiger partial charge in [0.1, 0.15) is 0 Å². The van der Waals surface area contributed by atoms with Crippen molar-refractivity contribution in [2.24, 2.45) is 0 Å². The van der Waals surface area contributed by atoms with Crippen molar-refractivity contribution in [3.63, 3.8) is 0 Å². The molecule has 0 fully saturated rings. The highest BCUT2D eigenvalue weighted by molar-refractivity contribution is 6.90. The molecule has 40 heavy (non-hydrogen) atoms. The van der Waals surface area contributed by atoms with Crippen LogP contribution in [0.3, 0.4) is 0 Å². The van der Waals surface area contributed by atoms with Crippen molar-refractivity contribution in [3.05, 3.63) is 12.2 Å². The maximum absolute atomic E-state index is 11.9. The van der Waals surface area contributed by atoms with Crippen molar-refractivity contribution >= 4 is 57.6 Å². The van der Waals surface area contributed by atoms with Gasteiger partial charge in [-0.05, 0) is 70.8 Å². The molecule has 0 aromatic rings. The van der Waals surface area contributed by atoms with Crippen LogP contribution in [0.5, 0.6) is 0 Å². The Morgan fingerprint density at radius 1 is 0.550 bits per heavy atom. The SMILES string of the molecule is CC=CC(=O)OCCC[Si](O[Si](C)(C)CCOC(C)=O)(O[Si](C)(C)CCOC(C)=O)O[Si](C)(C)CCOC(C)=O. The van der Waals surface area contributed by atoms with E-state index in [-0.39, 0.29) is 44.3 Å². The van der Waals surface area contributed by atoms with Crippen LogP contribution in [0, 0.1) is 0 Å². The van der Waals surface area contributed by atoms with Crippen LogP contribution in [0.25, 0.3) is 0 Å².